The molecule has 2 amide bonds. The Kier molecular flexibility index (Phi) is 7.25. The molecule has 8 nitrogen and oxygen atoms in total. The molecule has 1 aliphatic heterocycles. The van der Waals surface area contributed by atoms with Crippen LogP contribution < -0.4 is 10.6 Å². The number of carbonyl (C=O) groups excluding carboxylic acids is 2. The Hall–Kier alpha value is -1.83. The van der Waals surface area contributed by atoms with Gasteiger partial charge in [0.1, 0.15) is 6.54 Å². The molecular weight excluding hydrogens is 334 g/mol. The van der Waals surface area contributed by atoms with E-state index in [0.29, 0.717) is 5.96 Å². The van der Waals surface area contributed by atoms with Gasteiger partial charge in [-0.2, -0.15) is 0 Å². The molecule has 1 atom stereocenters. The van der Waals surface area contributed by atoms with E-state index in [2.05, 4.69) is 15.6 Å². The predicted molar refractivity (Wildman–Crippen MR) is 101 cm³/mol. The van der Waals surface area contributed by atoms with Crippen molar-refractivity contribution < 1.29 is 14.3 Å². The monoisotopic (exact) mass is 367 g/mol. The van der Waals surface area contributed by atoms with Gasteiger partial charge in [0.25, 0.3) is 0 Å². The summed E-state index contributed by atoms with van der Waals surface area (Å²) >= 11 is 0. The van der Waals surface area contributed by atoms with Crippen molar-refractivity contribution in [2.45, 2.75) is 50.2 Å². The highest BCUT2D eigenvalue weighted by atomic mass is 16.5. The van der Waals surface area contributed by atoms with Gasteiger partial charge in [0.15, 0.2) is 5.96 Å². The molecule has 1 saturated heterocycles. The van der Waals surface area contributed by atoms with Gasteiger partial charge in [-0.25, -0.2) is 4.99 Å². The lowest BCUT2D eigenvalue weighted by Crippen LogP contribution is -2.52. The zero-order valence-electron chi connectivity index (χ0n) is 16.5. The van der Waals surface area contributed by atoms with E-state index in [1.54, 1.807) is 28.2 Å². The molecule has 1 unspecified atom stereocenters. The fourth-order valence-corrected chi connectivity index (χ4v) is 3.47. The number of nitrogens with one attached hydrogen (secondary N) is 2. The second-order valence-electron chi connectivity index (χ2n) is 7.67. The Morgan fingerprint density at radius 1 is 1.12 bits per heavy atom. The van der Waals surface area contributed by atoms with E-state index in [-0.39, 0.29) is 36.5 Å². The van der Waals surface area contributed by atoms with Crippen LogP contribution in [0.1, 0.15) is 38.5 Å². The minimum Gasteiger partial charge on any atom is -0.375 e. The van der Waals surface area contributed by atoms with Crippen LogP contribution in [0.2, 0.25) is 0 Å². The van der Waals surface area contributed by atoms with E-state index in [4.69, 9.17) is 4.74 Å². The standard InChI is InChI=1S/C18H33N5O3/c1-22(2)15(24)12-19-17(20-13-16(25)23(3)4)21-14-7-10-26-18(11-14)8-5-6-9-18/h14H,5-13H2,1-4H3,(H2,19,20,21). The van der Waals surface area contributed by atoms with Crippen LogP contribution in [0.5, 0.6) is 0 Å². The molecular formula is C18H33N5O3. The number of guanidine groups is 1. The average molecular weight is 367 g/mol. The lowest BCUT2D eigenvalue weighted by atomic mass is 9.89. The third-order valence-corrected chi connectivity index (χ3v) is 5.13. The lowest BCUT2D eigenvalue weighted by molar-refractivity contribution is -0.127. The fraction of sp³-hybridized carbons (Fsp3) is 0.833. The summed E-state index contributed by atoms with van der Waals surface area (Å²) in [4.78, 5) is 31.1. The first-order valence-electron chi connectivity index (χ1n) is 9.40. The molecule has 0 aromatic rings. The molecule has 26 heavy (non-hydrogen) atoms. The maximum atomic E-state index is 11.9. The van der Waals surface area contributed by atoms with Crippen LogP contribution in [-0.4, -0.2) is 87.1 Å². The Morgan fingerprint density at radius 2 is 1.77 bits per heavy atom. The van der Waals surface area contributed by atoms with Gasteiger partial charge in [-0.15, -0.1) is 0 Å². The molecule has 0 radical (unpaired) electrons. The highest BCUT2D eigenvalue weighted by Crippen LogP contribution is 2.39. The van der Waals surface area contributed by atoms with E-state index < -0.39 is 0 Å². The van der Waals surface area contributed by atoms with Gasteiger partial charge in [-0.1, -0.05) is 12.8 Å². The Labute approximate surface area is 156 Å². The van der Waals surface area contributed by atoms with Crippen molar-refractivity contribution in [1.29, 1.82) is 0 Å². The Bertz CT molecular complexity index is 527. The van der Waals surface area contributed by atoms with Crippen molar-refractivity contribution in [3.05, 3.63) is 0 Å². The Morgan fingerprint density at radius 3 is 2.38 bits per heavy atom. The summed E-state index contributed by atoms with van der Waals surface area (Å²) in [5.41, 5.74) is -0.0000613. The van der Waals surface area contributed by atoms with E-state index in [1.165, 1.54) is 22.6 Å². The van der Waals surface area contributed by atoms with Crippen LogP contribution in [-0.2, 0) is 14.3 Å². The average Bonchev–Trinajstić information content (AvgIpc) is 3.03. The number of carbonyl (C=O) groups is 2. The van der Waals surface area contributed by atoms with Crippen LogP contribution in [0.15, 0.2) is 4.99 Å². The van der Waals surface area contributed by atoms with Crippen LogP contribution >= 0.6 is 0 Å². The number of ether oxygens (including phenoxy) is 1. The van der Waals surface area contributed by atoms with Gasteiger partial charge in [0.2, 0.25) is 11.8 Å². The van der Waals surface area contributed by atoms with Gasteiger partial charge >= 0.3 is 0 Å². The summed E-state index contributed by atoms with van der Waals surface area (Å²) < 4.78 is 6.08. The zero-order valence-corrected chi connectivity index (χ0v) is 16.5. The largest absolute Gasteiger partial charge is 0.375 e. The van der Waals surface area contributed by atoms with E-state index in [1.807, 2.05) is 0 Å². The van der Waals surface area contributed by atoms with Crippen molar-refractivity contribution in [1.82, 2.24) is 20.4 Å². The van der Waals surface area contributed by atoms with Crippen molar-refractivity contribution in [3.8, 4) is 0 Å². The van der Waals surface area contributed by atoms with Gasteiger partial charge in [0, 0.05) is 40.8 Å². The molecule has 1 aliphatic carbocycles. The van der Waals surface area contributed by atoms with E-state index in [0.717, 1.165) is 32.3 Å². The topological polar surface area (TPSA) is 86.3 Å². The minimum absolute atomic E-state index is 0.0000613. The molecule has 0 aromatic carbocycles. The highest BCUT2D eigenvalue weighted by molar-refractivity contribution is 5.88. The number of aliphatic imine (C=N–C) groups is 1. The number of likely N-dealkylation sites (N-methyl/N-ethyl adjacent to an activating group) is 2. The molecule has 2 aliphatic rings. The third-order valence-electron chi connectivity index (χ3n) is 5.13. The van der Waals surface area contributed by atoms with Crippen LogP contribution in [0, 0.1) is 0 Å². The van der Waals surface area contributed by atoms with E-state index in [9.17, 15) is 9.59 Å². The highest BCUT2D eigenvalue weighted by Gasteiger charge is 2.40. The maximum absolute atomic E-state index is 11.9. The smallest absolute Gasteiger partial charge is 0.243 e. The van der Waals surface area contributed by atoms with Gasteiger partial charge in [-0.05, 0) is 25.7 Å². The molecule has 8 heteroatoms. The SMILES string of the molecule is CN(C)C(=O)CN=C(NCC(=O)N(C)C)NC1CCOC2(CCCC2)C1. The summed E-state index contributed by atoms with van der Waals surface area (Å²) in [5, 5.41) is 6.47. The molecule has 1 spiro atoms. The number of amides is 2. The molecule has 2 rings (SSSR count). The normalized spacial score (nSPS) is 22.2. The van der Waals surface area contributed by atoms with Gasteiger partial charge in [0.05, 0.1) is 12.1 Å². The number of nitrogens with zero attached hydrogens (tertiary/aromatic N) is 3. The molecule has 1 saturated carbocycles. The van der Waals surface area contributed by atoms with Gasteiger partial charge < -0.3 is 25.2 Å². The van der Waals surface area contributed by atoms with Crippen LogP contribution in [0.25, 0.3) is 0 Å². The molecule has 148 valence electrons. The summed E-state index contributed by atoms with van der Waals surface area (Å²) in [6, 6.07) is 0.233. The van der Waals surface area contributed by atoms with Crippen molar-refractivity contribution in [2.75, 3.05) is 47.9 Å². The second-order valence-corrected chi connectivity index (χ2v) is 7.67. The lowest BCUT2D eigenvalue weighted by Gasteiger charge is -2.39. The second kappa shape index (κ2) is 9.21. The van der Waals surface area contributed by atoms with Crippen molar-refractivity contribution in [3.63, 3.8) is 0 Å². The summed E-state index contributed by atoms with van der Waals surface area (Å²) in [6.45, 7) is 0.925. The van der Waals surface area contributed by atoms with Crippen LogP contribution in [0.3, 0.4) is 0 Å². The molecule has 0 aromatic heterocycles. The van der Waals surface area contributed by atoms with Crippen molar-refractivity contribution >= 4 is 17.8 Å². The summed E-state index contributed by atoms with van der Waals surface area (Å²) in [6.07, 6.45) is 6.51. The molecule has 2 N–H and O–H groups in total. The first-order chi connectivity index (χ1) is 12.3. The maximum Gasteiger partial charge on any atom is 0.243 e. The molecule has 0 bridgehead atoms. The first kappa shape index (κ1) is 20.5. The first-order valence-corrected chi connectivity index (χ1v) is 9.40. The van der Waals surface area contributed by atoms with Crippen LogP contribution in [0.4, 0.5) is 0 Å². The summed E-state index contributed by atoms with van der Waals surface area (Å²) in [5.74, 6) is 0.386. The number of rotatable bonds is 5. The number of hydrogen-bond acceptors (Lipinski definition) is 4. The molecule has 1 heterocycles. The number of hydrogen-bond donors (Lipinski definition) is 2. The van der Waals surface area contributed by atoms with Crippen molar-refractivity contribution in [2.24, 2.45) is 4.99 Å². The summed E-state index contributed by atoms with van der Waals surface area (Å²) in [7, 11) is 6.84. The fourth-order valence-electron chi connectivity index (χ4n) is 3.47. The third kappa shape index (κ3) is 5.86. The zero-order chi connectivity index (χ0) is 19.2. The van der Waals surface area contributed by atoms with E-state index >= 15 is 0 Å². The minimum atomic E-state index is -0.0794. The predicted octanol–water partition coefficient (Wildman–Crippen LogP) is 0.190. The van der Waals surface area contributed by atoms with Gasteiger partial charge in [-0.3, -0.25) is 9.59 Å². The quantitative estimate of drug-likeness (QED) is 0.535. The Balaban J connectivity index is 1.98. The molecule has 2 fully saturated rings.